The summed E-state index contributed by atoms with van der Waals surface area (Å²) in [6.45, 7) is 2.95. The van der Waals surface area contributed by atoms with Crippen LogP contribution in [0.4, 0.5) is 0 Å². The van der Waals surface area contributed by atoms with Crippen LogP contribution in [0, 0.1) is 5.92 Å². The zero-order chi connectivity index (χ0) is 15.1. The lowest BCUT2D eigenvalue weighted by Crippen LogP contribution is -2.44. The fraction of sp³-hybridized carbons (Fsp3) is 0.875. The van der Waals surface area contributed by atoms with Gasteiger partial charge in [0.2, 0.25) is 5.91 Å². The molecule has 2 heterocycles. The maximum Gasteiger partial charge on any atom is 0.303 e. The number of aliphatic carboxylic acids is 1. The number of hydrogen-bond donors (Lipinski definition) is 2. The molecule has 2 unspecified atom stereocenters. The summed E-state index contributed by atoms with van der Waals surface area (Å²) >= 11 is 0. The van der Waals surface area contributed by atoms with Crippen LogP contribution < -0.4 is 5.32 Å². The van der Waals surface area contributed by atoms with Crippen LogP contribution in [0.1, 0.15) is 57.8 Å². The van der Waals surface area contributed by atoms with E-state index in [1.54, 1.807) is 0 Å². The summed E-state index contributed by atoms with van der Waals surface area (Å²) in [7, 11) is 0. The van der Waals surface area contributed by atoms with Crippen molar-refractivity contribution in [3.8, 4) is 0 Å². The highest BCUT2D eigenvalue weighted by atomic mass is 16.4. The van der Waals surface area contributed by atoms with Gasteiger partial charge in [-0.25, -0.2) is 0 Å². The van der Waals surface area contributed by atoms with Gasteiger partial charge in [-0.2, -0.15) is 0 Å². The van der Waals surface area contributed by atoms with Gasteiger partial charge in [0.1, 0.15) is 0 Å². The second-order valence-corrected chi connectivity index (χ2v) is 6.42. The molecule has 120 valence electrons. The quantitative estimate of drug-likeness (QED) is 0.786. The minimum absolute atomic E-state index is 0.145. The molecule has 2 aliphatic heterocycles. The SMILES string of the molecule is O=C(O)CCC1CCCCN1C(=O)CCC1CCCNC1. The Morgan fingerprint density at radius 1 is 1.10 bits per heavy atom. The molecular weight excluding hydrogens is 268 g/mol. The van der Waals surface area contributed by atoms with Crippen LogP contribution in [-0.4, -0.2) is 47.6 Å². The van der Waals surface area contributed by atoms with Gasteiger partial charge in [0.25, 0.3) is 0 Å². The van der Waals surface area contributed by atoms with Crippen molar-refractivity contribution in [3.05, 3.63) is 0 Å². The zero-order valence-corrected chi connectivity index (χ0v) is 12.9. The maximum absolute atomic E-state index is 12.5. The molecule has 0 aromatic heterocycles. The molecule has 0 bridgehead atoms. The topological polar surface area (TPSA) is 69.6 Å². The van der Waals surface area contributed by atoms with E-state index in [-0.39, 0.29) is 18.4 Å². The highest BCUT2D eigenvalue weighted by molar-refractivity contribution is 5.76. The summed E-state index contributed by atoms with van der Waals surface area (Å²) in [6, 6.07) is 0.145. The first-order valence-electron chi connectivity index (χ1n) is 8.39. The van der Waals surface area contributed by atoms with Crippen LogP contribution >= 0.6 is 0 Å². The van der Waals surface area contributed by atoms with Crippen molar-refractivity contribution in [2.45, 2.75) is 63.8 Å². The summed E-state index contributed by atoms with van der Waals surface area (Å²) < 4.78 is 0. The monoisotopic (exact) mass is 296 g/mol. The van der Waals surface area contributed by atoms with Crippen molar-refractivity contribution in [2.24, 2.45) is 5.92 Å². The molecule has 2 atom stereocenters. The van der Waals surface area contributed by atoms with E-state index in [4.69, 9.17) is 5.11 Å². The Bertz CT molecular complexity index is 353. The molecule has 5 nitrogen and oxygen atoms in total. The van der Waals surface area contributed by atoms with Crippen molar-refractivity contribution in [1.29, 1.82) is 0 Å². The van der Waals surface area contributed by atoms with Gasteiger partial charge in [0.05, 0.1) is 0 Å². The van der Waals surface area contributed by atoms with E-state index in [2.05, 4.69) is 5.32 Å². The molecule has 0 aromatic rings. The summed E-state index contributed by atoms with van der Waals surface area (Å²) in [4.78, 5) is 25.2. The van der Waals surface area contributed by atoms with Gasteiger partial charge in [0.15, 0.2) is 0 Å². The number of piperidine rings is 2. The predicted octanol–water partition coefficient (Wildman–Crippen LogP) is 2.01. The van der Waals surface area contributed by atoms with E-state index in [0.29, 0.717) is 18.8 Å². The third-order valence-electron chi connectivity index (χ3n) is 4.80. The summed E-state index contributed by atoms with van der Waals surface area (Å²) in [5.41, 5.74) is 0. The molecule has 0 aromatic carbocycles. The number of hydrogen-bond acceptors (Lipinski definition) is 3. The number of carboxylic acid groups (broad SMARTS) is 1. The minimum Gasteiger partial charge on any atom is -0.481 e. The van der Waals surface area contributed by atoms with Crippen LogP contribution in [0.2, 0.25) is 0 Å². The van der Waals surface area contributed by atoms with Gasteiger partial charge in [-0.15, -0.1) is 0 Å². The number of rotatable bonds is 6. The van der Waals surface area contributed by atoms with E-state index in [1.165, 1.54) is 12.8 Å². The van der Waals surface area contributed by atoms with Crippen LogP contribution in [0.25, 0.3) is 0 Å². The first kappa shape index (κ1) is 16.3. The van der Waals surface area contributed by atoms with Crippen LogP contribution in [0.5, 0.6) is 0 Å². The Morgan fingerprint density at radius 2 is 1.95 bits per heavy atom. The fourth-order valence-electron chi connectivity index (χ4n) is 3.56. The second kappa shape index (κ2) is 8.37. The van der Waals surface area contributed by atoms with E-state index < -0.39 is 5.97 Å². The molecule has 0 saturated carbocycles. The molecule has 0 spiro atoms. The molecule has 2 rings (SSSR count). The number of nitrogens with zero attached hydrogens (tertiary/aromatic N) is 1. The fourth-order valence-corrected chi connectivity index (χ4v) is 3.56. The van der Waals surface area contributed by atoms with Crippen molar-refractivity contribution in [1.82, 2.24) is 10.2 Å². The summed E-state index contributed by atoms with van der Waals surface area (Å²) in [5.74, 6) is 0.0990. The van der Waals surface area contributed by atoms with Gasteiger partial charge >= 0.3 is 5.97 Å². The van der Waals surface area contributed by atoms with Crippen LogP contribution in [-0.2, 0) is 9.59 Å². The summed E-state index contributed by atoms with van der Waals surface area (Å²) in [5, 5.41) is 12.2. The number of carboxylic acids is 1. The number of carbonyl (C=O) groups is 2. The summed E-state index contributed by atoms with van der Waals surface area (Å²) in [6.07, 6.45) is 7.92. The number of amides is 1. The van der Waals surface area contributed by atoms with E-state index >= 15 is 0 Å². The predicted molar refractivity (Wildman–Crippen MR) is 81.0 cm³/mol. The minimum atomic E-state index is -0.763. The van der Waals surface area contributed by atoms with E-state index in [0.717, 1.165) is 45.3 Å². The normalized spacial score (nSPS) is 26.6. The van der Waals surface area contributed by atoms with Gasteiger partial charge in [-0.1, -0.05) is 0 Å². The molecule has 1 amide bonds. The molecule has 2 saturated heterocycles. The van der Waals surface area contributed by atoms with Crippen molar-refractivity contribution in [3.63, 3.8) is 0 Å². The lowest BCUT2D eigenvalue weighted by Gasteiger charge is -2.36. The van der Waals surface area contributed by atoms with Crippen LogP contribution in [0.15, 0.2) is 0 Å². The number of nitrogens with one attached hydrogen (secondary N) is 1. The first-order valence-corrected chi connectivity index (χ1v) is 8.39. The van der Waals surface area contributed by atoms with Gasteiger partial charge in [-0.05, 0) is 64.0 Å². The first-order chi connectivity index (χ1) is 10.2. The standard InChI is InChI=1S/C16H28N2O3/c19-15(8-6-13-4-3-10-17-12-13)18-11-2-1-5-14(18)7-9-16(20)21/h13-14,17H,1-12H2,(H,20,21). The van der Waals surface area contributed by atoms with Crippen molar-refractivity contribution < 1.29 is 14.7 Å². The molecule has 2 aliphatic rings. The van der Waals surface area contributed by atoms with Crippen molar-refractivity contribution >= 4 is 11.9 Å². The Morgan fingerprint density at radius 3 is 2.67 bits per heavy atom. The van der Waals surface area contributed by atoms with Gasteiger partial charge in [0, 0.05) is 25.4 Å². The highest BCUT2D eigenvalue weighted by Crippen LogP contribution is 2.23. The highest BCUT2D eigenvalue weighted by Gasteiger charge is 2.27. The van der Waals surface area contributed by atoms with Gasteiger partial charge in [-0.3, -0.25) is 9.59 Å². The largest absolute Gasteiger partial charge is 0.481 e. The average Bonchev–Trinajstić information content (AvgIpc) is 2.52. The number of carbonyl (C=O) groups excluding carboxylic acids is 1. The smallest absolute Gasteiger partial charge is 0.303 e. The molecule has 2 fully saturated rings. The van der Waals surface area contributed by atoms with Gasteiger partial charge < -0.3 is 15.3 Å². The van der Waals surface area contributed by atoms with Crippen molar-refractivity contribution in [2.75, 3.05) is 19.6 Å². The zero-order valence-electron chi connectivity index (χ0n) is 12.9. The van der Waals surface area contributed by atoms with E-state index in [9.17, 15) is 9.59 Å². The average molecular weight is 296 g/mol. The molecule has 0 aliphatic carbocycles. The molecule has 0 radical (unpaired) electrons. The third kappa shape index (κ3) is 5.30. The Kier molecular flexibility index (Phi) is 6.49. The Balaban J connectivity index is 1.78. The Hall–Kier alpha value is -1.10. The molecule has 5 heteroatoms. The second-order valence-electron chi connectivity index (χ2n) is 6.42. The van der Waals surface area contributed by atoms with E-state index in [1.807, 2.05) is 4.90 Å². The number of likely N-dealkylation sites (tertiary alicyclic amines) is 1. The Labute approximate surface area is 127 Å². The lowest BCUT2D eigenvalue weighted by atomic mass is 9.93. The molecule has 2 N–H and O–H groups in total. The molecular formula is C16H28N2O3. The van der Waals surface area contributed by atoms with Crippen LogP contribution in [0.3, 0.4) is 0 Å². The maximum atomic E-state index is 12.5. The lowest BCUT2D eigenvalue weighted by molar-refractivity contribution is -0.140. The third-order valence-corrected chi connectivity index (χ3v) is 4.80. The molecule has 21 heavy (non-hydrogen) atoms.